The van der Waals surface area contributed by atoms with Gasteiger partial charge in [-0.05, 0) is 55.9 Å². The second-order valence-electron chi connectivity index (χ2n) is 10.0. The van der Waals surface area contributed by atoms with E-state index in [0.29, 0.717) is 30.0 Å². The smallest absolute Gasteiger partial charge is 0.264 e. The van der Waals surface area contributed by atoms with Crippen LogP contribution in [0.2, 0.25) is 0 Å². The zero-order valence-corrected chi connectivity index (χ0v) is 21.4. The molecule has 1 aliphatic carbocycles. The molecule has 3 heterocycles. The molecule has 11 heteroatoms. The van der Waals surface area contributed by atoms with Crippen LogP contribution in [0.4, 0.5) is 14.6 Å². The lowest BCUT2D eigenvalue weighted by atomic mass is 10.1. The summed E-state index contributed by atoms with van der Waals surface area (Å²) in [6.07, 6.45) is 6.61. The molecule has 1 aliphatic heterocycles. The molecule has 2 aliphatic rings. The van der Waals surface area contributed by atoms with Crippen LogP contribution in [0.15, 0.2) is 60.4 Å². The number of rotatable bonds is 7. The number of carbonyl (C=O) groups excluding carboxylic acids is 1. The Hall–Kier alpha value is -4.85. The van der Waals surface area contributed by atoms with Crippen molar-refractivity contribution in [1.82, 2.24) is 24.6 Å². The number of nitriles is 1. The molecule has 1 saturated heterocycles. The number of anilines is 1. The van der Waals surface area contributed by atoms with Crippen LogP contribution in [0.1, 0.15) is 25.7 Å². The number of nitrogens with two attached hydrogens (primary N) is 1. The number of fused-ring (bicyclic) bond motifs is 1. The van der Waals surface area contributed by atoms with E-state index in [4.69, 9.17) is 10.5 Å². The number of halogens is 2. The largest absolute Gasteiger partial charge is 0.457 e. The van der Waals surface area contributed by atoms with E-state index in [1.807, 2.05) is 0 Å². The van der Waals surface area contributed by atoms with Crippen LogP contribution in [0.3, 0.4) is 0 Å². The minimum absolute atomic E-state index is 0.143. The van der Waals surface area contributed by atoms with E-state index in [1.54, 1.807) is 27.8 Å². The molecule has 1 atom stereocenters. The molecule has 0 radical (unpaired) electrons. The summed E-state index contributed by atoms with van der Waals surface area (Å²) < 4.78 is 36.2. The van der Waals surface area contributed by atoms with Crippen molar-refractivity contribution in [2.45, 2.75) is 38.3 Å². The molecule has 0 unspecified atom stereocenters. The van der Waals surface area contributed by atoms with Crippen LogP contribution in [0, 0.1) is 28.9 Å². The number of benzene rings is 2. The first kappa shape index (κ1) is 25.4. The lowest BCUT2D eigenvalue weighted by molar-refractivity contribution is -0.127. The highest BCUT2D eigenvalue weighted by Crippen LogP contribution is 2.35. The summed E-state index contributed by atoms with van der Waals surface area (Å²) in [5.74, 6) is -0.490. The van der Waals surface area contributed by atoms with E-state index in [2.05, 4.69) is 21.1 Å². The SMILES string of the molecule is N#C/C(=C\C1CC1)C(=O)N1CCC[C@H]1Cn1nc(-c2ccc(Oc3cccc(F)c3)cc2F)c2c(N)ncnc21. The zero-order chi connectivity index (χ0) is 27.8. The number of nitrogen functional groups attached to an aromatic ring is 1. The second-order valence-corrected chi connectivity index (χ2v) is 10.0. The van der Waals surface area contributed by atoms with Gasteiger partial charge in [0.1, 0.15) is 52.6 Å². The Morgan fingerprint density at radius 2 is 1.98 bits per heavy atom. The molecule has 2 N–H and O–H groups in total. The standard InChI is InChI=1S/C29H25F2N7O2/c30-19-3-1-5-21(12-19)40-22-8-9-23(24(31)13-22)26-25-27(33)34-16-35-28(25)38(36-26)15-20-4-2-10-37(20)29(39)18(14-32)11-17-6-7-17/h1,3,5,8-9,11-13,16-17,20H,2,4,6-7,10,15H2,(H2,33,34,35)/b18-11+/t20-/m0/s1. The van der Waals surface area contributed by atoms with Crippen LogP contribution in [0.25, 0.3) is 22.3 Å². The van der Waals surface area contributed by atoms with Gasteiger partial charge in [0.15, 0.2) is 5.65 Å². The molecule has 1 saturated carbocycles. The summed E-state index contributed by atoms with van der Waals surface area (Å²) in [6, 6.07) is 11.7. The van der Waals surface area contributed by atoms with Gasteiger partial charge in [-0.25, -0.2) is 23.4 Å². The lowest BCUT2D eigenvalue weighted by Crippen LogP contribution is -2.39. The van der Waals surface area contributed by atoms with Crippen LogP contribution in [-0.2, 0) is 11.3 Å². The predicted octanol–water partition coefficient (Wildman–Crippen LogP) is 5.00. The summed E-state index contributed by atoms with van der Waals surface area (Å²) in [4.78, 5) is 23.4. The normalized spacial score (nSPS) is 17.3. The number of nitrogens with zero attached hydrogens (tertiary/aromatic N) is 6. The van der Waals surface area contributed by atoms with E-state index in [-0.39, 0.29) is 46.1 Å². The molecular formula is C29H25F2N7O2. The Morgan fingerprint density at radius 1 is 1.15 bits per heavy atom. The number of hydrogen-bond donors (Lipinski definition) is 1. The molecule has 40 heavy (non-hydrogen) atoms. The third-order valence-corrected chi connectivity index (χ3v) is 7.18. The van der Waals surface area contributed by atoms with Crippen molar-refractivity contribution >= 4 is 22.8 Å². The summed E-state index contributed by atoms with van der Waals surface area (Å²) in [7, 11) is 0. The number of carbonyl (C=O) groups is 1. The number of likely N-dealkylation sites (tertiary alicyclic amines) is 1. The highest BCUT2D eigenvalue weighted by molar-refractivity contribution is 5.99. The minimum Gasteiger partial charge on any atom is -0.457 e. The van der Waals surface area contributed by atoms with Gasteiger partial charge >= 0.3 is 0 Å². The van der Waals surface area contributed by atoms with Gasteiger partial charge in [0.25, 0.3) is 5.91 Å². The van der Waals surface area contributed by atoms with Gasteiger partial charge < -0.3 is 15.4 Å². The fraction of sp³-hybridized carbons (Fsp3) is 0.276. The third-order valence-electron chi connectivity index (χ3n) is 7.18. The van der Waals surface area contributed by atoms with E-state index < -0.39 is 11.6 Å². The number of aromatic nitrogens is 4. The quantitative estimate of drug-likeness (QED) is 0.258. The van der Waals surface area contributed by atoms with Crippen molar-refractivity contribution in [2.24, 2.45) is 5.92 Å². The Labute approximate surface area is 228 Å². The molecule has 4 aromatic rings. The maximum Gasteiger partial charge on any atom is 0.264 e. The van der Waals surface area contributed by atoms with E-state index in [0.717, 1.165) is 25.7 Å². The Kier molecular flexibility index (Phi) is 6.59. The summed E-state index contributed by atoms with van der Waals surface area (Å²) in [6.45, 7) is 0.834. The number of ether oxygens (including phenoxy) is 1. The second kappa shape index (κ2) is 10.4. The van der Waals surface area contributed by atoms with Gasteiger partial charge in [-0.15, -0.1) is 0 Å². The van der Waals surface area contributed by atoms with E-state index >= 15 is 4.39 Å². The molecule has 6 rings (SSSR count). The van der Waals surface area contributed by atoms with Gasteiger partial charge in [-0.1, -0.05) is 12.1 Å². The highest BCUT2D eigenvalue weighted by atomic mass is 19.1. The highest BCUT2D eigenvalue weighted by Gasteiger charge is 2.33. The van der Waals surface area contributed by atoms with Crippen molar-refractivity contribution in [1.29, 1.82) is 5.26 Å². The number of amides is 1. The molecule has 1 amide bonds. The zero-order valence-electron chi connectivity index (χ0n) is 21.4. The topological polar surface area (TPSA) is 123 Å². The average molecular weight is 542 g/mol. The van der Waals surface area contributed by atoms with Gasteiger partial charge in [0.2, 0.25) is 0 Å². The summed E-state index contributed by atoms with van der Waals surface area (Å²) >= 11 is 0. The Bertz CT molecular complexity index is 1690. The first-order valence-electron chi connectivity index (χ1n) is 13.0. The molecule has 2 aromatic carbocycles. The van der Waals surface area contributed by atoms with Crippen molar-refractivity contribution in [3.8, 4) is 28.8 Å². The summed E-state index contributed by atoms with van der Waals surface area (Å²) in [5.41, 5.74) is 7.21. The molecular weight excluding hydrogens is 516 g/mol. The third kappa shape index (κ3) is 4.96. The van der Waals surface area contributed by atoms with Crippen molar-refractivity contribution in [3.05, 3.63) is 72.1 Å². The molecule has 9 nitrogen and oxygen atoms in total. The lowest BCUT2D eigenvalue weighted by Gasteiger charge is -2.24. The first-order chi connectivity index (χ1) is 19.4. The van der Waals surface area contributed by atoms with Crippen LogP contribution in [-0.4, -0.2) is 43.1 Å². The maximum absolute atomic E-state index is 15.4. The molecule has 0 bridgehead atoms. The predicted molar refractivity (Wildman–Crippen MR) is 143 cm³/mol. The van der Waals surface area contributed by atoms with E-state index in [1.165, 1.54) is 36.7 Å². The van der Waals surface area contributed by atoms with E-state index in [9.17, 15) is 14.4 Å². The number of allylic oxidation sites excluding steroid dienone is 1. The van der Waals surface area contributed by atoms with Gasteiger partial charge in [-0.2, -0.15) is 10.4 Å². The molecule has 2 fully saturated rings. The minimum atomic E-state index is -0.620. The Morgan fingerprint density at radius 3 is 2.73 bits per heavy atom. The van der Waals surface area contributed by atoms with Crippen LogP contribution < -0.4 is 10.5 Å². The van der Waals surface area contributed by atoms with Gasteiger partial charge in [0, 0.05) is 24.2 Å². The summed E-state index contributed by atoms with van der Waals surface area (Å²) in [5, 5.41) is 14.6. The van der Waals surface area contributed by atoms with Crippen molar-refractivity contribution < 1.29 is 18.3 Å². The van der Waals surface area contributed by atoms with Crippen LogP contribution >= 0.6 is 0 Å². The van der Waals surface area contributed by atoms with Gasteiger partial charge in [-0.3, -0.25) is 4.79 Å². The first-order valence-corrected chi connectivity index (χ1v) is 13.0. The molecule has 202 valence electrons. The molecule has 0 spiro atoms. The maximum atomic E-state index is 15.4. The number of hydrogen-bond acceptors (Lipinski definition) is 7. The fourth-order valence-electron chi connectivity index (χ4n) is 5.07. The van der Waals surface area contributed by atoms with Crippen molar-refractivity contribution in [2.75, 3.05) is 12.3 Å². The Balaban J connectivity index is 1.31. The fourth-order valence-corrected chi connectivity index (χ4v) is 5.07. The van der Waals surface area contributed by atoms with Gasteiger partial charge in [0.05, 0.1) is 18.0 Å². The van der Waals surface area contributed by atoms with Crippen molar-refractivity contribution in [3.63, 3.8) is 0 Å². The average Bonchev–Trinajstić information content (AvgIpc) is 3.51. The monoisotopic (exact) mass is 541 g/mol. The van der Waals surface area contributed by atoms with Crippen LogP contribution in [0.5, 0.6) is 11.5 Å². The molecule has 2 aromatic heterocycles.